The van der Waals surface area contributed by atoms with Crippen molar-refractivity contribution in [2.24, 2.45) is 0 Å². The van der Waals surface area contributed by atoms with Gasteiger partial charge in [0.2, 0.25) is 0 Å². The molecule has 2 aliphatic rings. The van der Waals surface area contributed by atoms with E-state index in [4.69, 9.17) is 26.1 Å². The minimum absolute atomic E-state index is 0.0439. The summed E-state index contributed by atoms with van der Waals surface area (Å²) in [5, 5.41) is 7.01. The van der Waals surface area contributed by atoms with Crippen LogP contribution in [-0.4, -0.2) is 74.8 Å². The number of methoxy groups -OCH3 is 1. The van der Waals surface area contributed by atoms with Crippen molar-refractivity contribution in [3.05, 3.63) is 47.9 Å². The molecule has 194 valence electrons. The summed E-state index contributed by atoms with van der Waals surface area (Å²) in [6.07, 6.45) is 0.226. The van der Waals surface area contributed by atoms with Gasteiger partial charge in [-0.15, -0.1) is 0 Å². The molecule has 11 nitrogen and oxygen atoms in total. The Kier molecular flexibility index (Phi) is 8.05. The Morgan fingerprint density at radius 3 is 2.72 bits per heavy atom. The van der Waals surface area contributed by atoms with Gasteiger partial charge in [0.15, 0.2) is 11.6 Å². The zero-order valence-corrected chi connectivity index (χ0v) is 20.3. The SMILES string of the molecule is COC(=S)NC[C@H]1CN(c2cc(F)c(N3CCNN(C(=O)NCc4ccco4)CC3)c(F)c2)C(=O)O1. The molecule has 2 saturated heterocycles. The van der Waals surface area contributed by atoms with Crippen LogP contribution in [0.1, 0.15) is 5.76 Å². The van der Waals surface area contributed by atoms with Gasteiger partial charge in [-0.2, -0.15) is 0 Å². The smallest absolute Gasteiger partial charge is 0.414 e. The van der Waals surface area contributed by atoms with E-state index < -0.39 is 23.8 Å². The molecule has 2 aliphatic heterocycles. The van der Waals surface area contributed by atoms with E-state index in [9.17, 15) is 9.59 Å². The number of nitrogens with zero attached hydrogens (tertiary/aromatic N) is 3. The lowest BCUT2D eigenvalue weighted by molar-refractivity contribution is 0.142. The van der Waals surface area contributed by atoms with Gasteiger partial charge in [0.1, 0.15) is 17.6 Å². The zero-order chi connectivity index (χ0) is 25.7. The van der Waals surface area contributed by atoms with Crippen LogP contribution in [0.4, 0.5) is 29.7 Å². The fourth-order valence-electron chi connectivity index (χ4n) is 3.92. The molecule has 14 heteroatoms. The average molecular weight is 525 g/mol. The maximum Gasteiger partial charge on any atom is 0.414 e. The molecule has 3 heterocycles. The van der Waals surface area contributed by atoms with Crippen LogP contribution in [0.5, 0.6) is 0 Å². The maximum absolute atomic E-state index is 15.1. The monoisotopic (exact) mass is 524 g/mol. The highest BCUT2D eigenvalue weighted by atomic mass is 32.1. The summed E-state index contributed by atoms with van der Waals surface area (Å²) in [5.74, 6) is -1.04. The number of amides is 3. The first-order valence-electron chi connectivity index (χ1n) is 11.2. The van der Waals surface area contributed by atoms with E-state index in [1.54, 1.807) is 12.1 Å². The summed E-state index contributed by atoms with van der Waals surface area (Å²) < 4.78 is 45.5. The Morgan fingerprint density at radius 2 is 2.03 bits per heavy atom. The quantitative estimate of drug-likeness (QED) is 0.488. The lowest BCUT2D eigenvalue weighted by Crippen LogP contribution is -2.48. The third-order valence-corrected chi connectivity index (χ3v) is 5.99. The molecule has 0 saturated carbocycles. The van der Waals surface area contributed by atoms with E-state index in [0.29, 0.717) is 5.76 Å². The third kappa shape index (κ3) is 5.94. The number of ether oxygens (including phenoxy) is 2. The summed E-state index contributed by atoms with van der Waals surface area (Å²) in [5.41, 5.74) is 2.77. The minimum Gasteiger partial charge on any atom is -0.474 e. The number of carbonyl (C=O) groups excluding carboxylic acids is 2. The molecule has 0 unspecified atom stereocenters. The van der Waals surface area contributed by atoms with Gasteiger partial charge >= 0.3 is 12.1 Å². The van der Waals surface area contributed by atoms with E-state index in [1.165, 1.54) is 23.3 Å². The standard InChI is InChI=1S/C22H26F2N6O5S/c1-33-21(36)26-12-16-13-29(22(32)35-16)14-9-17(23)19(18(24)10-14)28-5-4-27-30(7-6-28)20(31)25-11-15-3-2-8-34-15/h2-3,8-10,16,27H,4-7,11-13H2,1H3,(H,25,31)(H,26,36)/t16-/m0/s1. The molecule has 0 bridgehead atoms. The molecule has 0 radical (unpaired) electrons. The van der Waals surface area contributed by atoms with Crippen molar-refractivity contribution in [2.75, 3.05) is 56.2 Å². The van der Waals surface area contributed by atoms with Crippen LogP contribution in [0.15, 0.2) is 34.9 Å². The number of cyclic esters (lactones) is 1. The third-order valence-electron chi connectivity index (χ3n) is 5.68. The zero-order valence-electron chi connectivity index (χ0n) is 19.5. The second-order valence-corrected chi connectivity index (χ2v) is 8.40. The number of rotatable bonds is 6. The van der Waals surface area contributed by atoms with Gasteiger partial charge in [-0.3, -0.25) is 9.91 Å². The number of carbonyl (C=O) groups is 2. The Morgan fingerprint density at radius 1 is 1.25 bits per heavy atom. The van der Waals surface area contributed by atoms with Crippen molar-refractivity contribution in [1.29, 1.82) is 0 Å². The maximum atomic E-state index is 15.1. The van der Waals surface area contributed by atoms with E-state index in [0.717, 1.165) is 17.0 Å². The van der Waals surface area contributed by atoms with Crippen molar-refractivity contribution in [2.45, 2.75) is 12.6 Å². The Bertz CT molecular complexity index is 1080. The van der Waals surface area contributed by atoms with Crippen molar-refractivity contribution in [3.63, 3.8) is 0 Å². The number of furan rings is 1. The number of benzene rings is 1. The first-order chi connectivity index (χ1) is 17.4. The molecular weight excluding hydrogens is 498 g/mol. The van der Waals surface area contributed by atoms with Crippen molar-refractivity contribution in [3.8, 4) is 0 Å². The van der Waals surface area contributed by atoms with Crippen molar-refractivity contribution in [1.82, 2.24) is 21.1 Å². The summed E-state index contributed by atoms with van der Waals surface area (Å²) in [7, 11) is 1.41. The highest BCUT2D eigenvalue weighted by Crippen LogP contribution is 2.31. The van der Waals surface area contributed by atoms with Gasteiger partial charge in [0.05, 0.1) is 45.2 Å². The van der Waals surface area contributed by atoms with Crippen LogP contribution in [-0.2, 0) is 16.0 Å². The van der Waals surface area contributed by atoms with Gasteiger partial charge in [0, 0.05) is 31.8 Å². The van der Waals surface area contributed by atoms with Crippen LogP contribution in [0, 0.1) is 11.6 Å². The van der Waals surface area contributed by atoms with Crippen LogP contribution in [0.25, 0.3) is 0 Å². The van der Waals surface area contributed by atoms with Gasteiger partial charge < -0.3 is 29.4 Å². The summed E-state index contributed by atoms with van der Waals surface area (Å²) >= 11 is 4.89. The van der Waals surface area contributed by atoms with E-state index in [1.807, 2.05) is 0 Å². The number of hydrogen-bond donors (Lipinski definition) is 3. The number of hydrazine groups is 1. The highest BCUT2D eigenvalue weighted by molar-refractivity contribution is 7.80. The first kappa shape index (κ1) is 25.4. The average Bonchev–Trinajstić information content (AvgIpc) is 3.44. The molecule has 1 aromatic carbocycles. The second kappa shape index (κ2) is 11.4. The first-order valence-corrected chi connectivity index (χ1v) is 11.6. The molecule has 2 fully saturated rings. The number of hydrogen-bond acceptors (Lipinski definition) is 8. The van der Waals surface area contributed by atoms with Gasteiger partial charge in [-0.05, 0) is 24.4 Å². The number of halogens is 2. The van der Waals surface area contributed by atoms with Crippen LogP contribution >= 0.6 is 12.2 Å². The predicted molar refractivity (Wildman–Crippen MR) is 129 cm³/mol. The molecule has 0 aliphatic carbocycles. The van der Waals surface area contributed by atoms with Crippen LogP contribution in [0.2, 0.25) is 0 Å². The Hall–Kier alpha value is -3.65. The summed E-state index contributed by atoms with van der Waals surface area (Å²) in [4.78, 5) is 27.4. The number of thiocarbonyl (C=S) groups is 1. The highest BCUT2D eigenvalue weighted by Gasteiger charge is 2.34. The molecule has 0 spiro atoms. The largest absolute Gasteiger partial charge is 0.474 e. The lowest BCUT2D eigenvalue weighted by atomic mass is 10.2. The van der Waals surface area contributed by atoms with Gasteiger partial charge in [0.25, 0.3) is 5.17 Å². The molecule has 4 rings (SSSR count). The predicted octanol–water partition coefficient (Wildman–Crippen LogP) is 1.94. The van der Waals surface area contributed by atoms with Gasteiger partial charge in [-0.1, -0.05) is 0 Å². The Labute approximate surface area is 211 Å². The molecule has 36 heavy (non-hydrogen) atoms. The van der Waals surface area contributed by atoms with E-state index in [2.05, 4.69) is 16.1 Å². The molecular formula is C22H26F2N6O5S. The number of anilines is 2. The summed E-state index contributed by atoms with van der Waals surface area (Å²) in [6, 6.07) is 5.28. The molecule has 1 aromatic heterocycles. The Balaban J connectivity index is 1.38. The molecule has 1 atom stereocenters. The van der Waals surface area contributed by atoms with Crippen LogP contribution in [0.3, 0.4) is 0 Å². The van der Waals surface area contributed by atoms with Crippen LogP contribution < -0.4 is 25.9 Å². The number of nitrogens with one attached hydrogen (secondary N) is 3. The summed E-state index contributed by atoms with van der Waals surface area (Å²) in [6.45, 7) is 1.41. The fraction of sp³-hybridized carbons (Fsp3) is 0.409. The number of urea groups is 1. The molecule has 3 N–H and O–H groups in total. The van der Waals surface area contributed by atoms with Crippen molar-refractivity contribution < 1.29 is 32.3 Å². The minimum atomic E-state index is -0.823. The normalized spacial score (nSPS) is 18.0. The van der Waals surface area contributed by atoms with E-state index in [-0.39, 0.29) is 68.4 Å². The van der Waals surface area contributed by atoms with Gasteiger partial charge in [-0.25, -0.2) is 23.8 Å². The van der Waals surface area contributed by atoms with E-state index >= 15 is 8.78 Å². The second-order valence-electron chi connectivity index (χ2n) is 8.03. The molecule has 3 amide bonds. The lowest BCUT2D eigenvalue weighted by Gasteiger charge is -2.25. The fourth-order valence-corrected chi connectivity index (χ4v) is 4.00. The topological polar surface area (TPSA) is 112 Å². The molecule has 2 aromatic rings. The van der Waals surface area contributed by atoms with Crippen molar-refractivity contribution >= 4 is 40.9 Å².